The summed E-state index contributed by atoms with van der Waals surface area (Å²) in [5.74, 6) is -0.162. The third kappa shape index (κ3) is 6.52. The summed E-state index contributed by atoms with van der Waals surface area (Å²) in [7, 11) is 0. The second kappa shape index (κ2) is 10.7. The van der Waals surface area contributed by atoms with Gasteiger partial charge in [-0.05, 0) is 55.4 Å². The summed E-state index contributed by atoms with van der Waals surface area (Å²) in [5.41, 5.74) is 3.75. The SMILES string of the molecule is O=C(Oc1ccc(Br)cc1/C=N/NC(=S)NC1CCCCC1)c1ccccc1Cl. The van der Waals surface area contributed by atoms with Crippen LogP contribution in [-0.2, 0) is 0 Å². The first kappa shape index (κ1) is 21.7. The number of hydrogen-bond donors (Lipinski definition) is 2. The monoisotopic (exact) mass is 493 g/mol. The van der Waals surface area contributed by atoms with Crippen LogP contribution in [0.15, 0.2) is 52.0 Å². The summed E-state index contributed by atoms with van der Waals surface area (Å²) in [4.78, 5) is 12.5. The van der Waals surface area contributed by atoms with E-state index in [0.29, 0.717) is 33.1 Å². The Labute approximate surface area is 189 Å². The Bertz CT molecular complexity index is 917. The van der Waals surface area contributed by atoms with E-state index in [0.717, 1.165) is 17.3 Å². The van der Waals surface area contributed by atoms with Crippen molar-refractivity contribution in [2.24, 2.45) is 5.10 Å². The largest absolute Gasteiger partial charge is 0.422 e. The van der Waals surface area contributed by atoms with Crippen LogP contribution in [0.1, 0.15) is 48.0 Å². The molecule has 0 atom stereocenters. The highest BCUT2D eigenvalue weighted by Crippen LogP contribution is 2.24. The van der Waals surface area contributed by atoms with Gasteiger partial charge in [-0.3, -0.25) is 5.43 Å². The molecule has 0 radical (unpaired) electrons. The molecule has 3 rings (SSSR count). The maximum atomic E-state index is 12.5. The molecule has 0 aromatic heterocycles. The number of carbonyl (C=O) groups excluding carboxylic acids is 1. The van der Waals surface area contributed by atoms with Crippen molar-refractivity contribution < 1.29 is 9.53 Å². The first-order chi connectivity index (χ1) is 14.0. The molecule has 0 aliphatic heterocycles. The molecule has 0 heterocycles. The van der Waals surface area contributed by atoms with Gasteiger partial charge in [-0.15, -0.1) is 0 Å². The summed E-state index contributed by atoms with van der Waals surface area (Å²) in [6.45, 7) is 0. The van der Waals surface area contributed by atoms with Crippen LogP contribution in [0.4, 0.5) is 0 Å². The number of rotatable bonds is 5. The van der Waals surface area contributed by atoms with Crippen LogP contribution in [0.5, 0.6) is 5.75 Å². The fraction of sp³-hybridized carbons (Fsp3) is 0.286. The van der Waals surface area contributed by atoms with Crippen molar-refractivity contribution in [3.63, 3.8) is 0 Å². The molecule has 1 aliphatic carbocycles. The van der Waals surface area contributed by atoms with Crippen molar-refractivity contribution in [2.45, 2.75) is 38.1 Å². The molecule has 0 unspecified atom stereocenters. The van der Waals surface area contributed by atoms with Gasteiger partial charge in [-0.1, -0.05) is 58.9 Å². The molecule has 0 bridgehead atoms. The highest BCUT2D eigenvalue weighted by atomic mass is 79.9. The number of ether oxygens (including phenoxy) is 1. The summed E-state index contributed by atoms with van der Waals surface area (Å²) in [5, 5.41) is 8.30. The predicted molar refractivity (Wildman–Crippen MR) is 124 cm³/mol. The Hall–Kier alpha value is -1.96. The minimum Gasteiger partial charge on any atom is -0.422 e. The molecule has 2 aromatic carbocycles. The first-order valence-electron chi connectivity index (χ1n) is 9.39. The Morgan fingerprint density at radius 1 is 1.21 bits per heavy atom. The lowest BCUT2D eigenvalue weighted by Crippen LogP contribution is -2.40. The van der Waals surface area contributed by atoms with E-state index >= 15 is 0 Å². The molecule has 0 amide bonds. The molecule has 1 fully saturated rings. The highest BCUT2D eigenvalue weighted by Gasteiger charge is 2.15. The average molecular weight is 495 g/mol. The lowest BCUT2D eigenvalue weighted by atomic mass is 9.96. The van der Waals surface area contributed by atoms with E-state index in [-0.39, 0.29) is 0 Å². The molecular weight excluding hydrogens is 474 g/mol. The molecule has 2 N–H and O–H groups in total. The van der Waals surface area contributed by atoms with Gasteiger partial charge in [0.25, 0.3) is 0 Å². The van der Waals surface area contributed by atoms with E-state index in [1.54, 1.807) is 48.7 Å². The zero-order valence-corrected chi connectivity index (χ0v) is 18.8. The number of carbonyl (C=O) groups is 1. The van der Waals surface area contributed by atoms with E-state index in [1.807, 2.05) is 0 Å². The summed E-state index contributed by atoms with van der Waals surface area (Å²) in [6, 6.07) is 12.4. The Morgan fingerprint density at radius 3 is 2.72 bits per heavy atom. The van der Waals surface area contributed by atoms with E-state index in [1.165, 1.54) is 19.3 Å². The topological polar surface area (TPSA) is 62.7 Å². The molecule has 2 aromatic rings. The minimum absolute atomic E-state index is 0.302. The maximum Gasteiger partial charge on any atom is 0.345 e. The van der Waals surface area contributed by atoms with Crippen molar-refractivity contribution in [2.75, 3.05) is 0 Å². The number of benzene rings is 2. The number of thiocarbonyl (C=S) groups is 1. The standard InChI is InChI=1S/C21H21BrClN3O2S/c22-15-10-11-19(28-20(27)17-8-4-5-9-18(17)23)14(12-15)13-24-26-21(29)25-16-6-2-1-3-7-16/h4-5,8-13,16H,1-3,6-7H2,(H2,25,26,29)/b24-13+. The zero-order valence-electron chi connectivity index (χ0n) is 15.7. The number of nitrogens with zero attached hydrogens (tertiary/aromatic N) is 1. The molecule has 1 saturated carbocycles. The number of halogens is 2. The molecule has 8 heteroatoms. The van der Waals surface area contributed by atoms with Crippen LogP contribution in [-0.4, -0.2) is 23.3 Å². The number of hydrazone groups is 1. The van der Waals surface area contributed by atoms with Crippen molar-refractivity contribution in [3.8, 4) is 5.75 Å². The van der Waals surface area contributed by atoms with Gasteiger partial charge in [0.1, 0.15) is 5.75 Å². The van der Waals surface area contributed by atoms with E-state index in [9.17, 15) is 4.79 Å². The molecule has 0 spiro atoms. The quantitative estimate of drug-likeness (QED) is 0.190. The minimum atomic E-state index is -0.532. The summed E-state index contributed by atoms with van der Waals surface area (Å²) < 4.78 is 6.37. The second-order valence-electron chi connectivity index (χ2n) is 6.73. The predicted octanol–water partition coefficient (Wildman–Crippen LogP) is 5.45. The van der Waals surface area contributed by atoms with E-state index in [2.05, 4.69) is 31.8 Å². The molecule has 1 aliphatic rings. The van der Waals surface area contributed by atoms with Crippen LogP contribution in [0.3, 0.4) is 0 Å². The van der Waals surface area contributed by atoms with Gasteiger partial charge in [0, 0.05) is 16.1 Å². The van der Waals surface area contributed by atoms with Gasteiger partial charge < -0.3 is 10.1 Å². The zero-order chi connectivity index (χ0) is 20.6. The van der Waals surface area contributed by atoms with Crippen molar-refractivity contribution in [3.05, 3.63) is 63.1 Å². The van der Waals surface area contributed by atoms with Crippen molar-refractivity contribution in [1.29, 1.82) is 0 Å². The third-order valence-electron chi connectivity index (χ3n) is 4.58. The van der Waals surface area contributed by atoms with Gasteiger partial charge in [-0.25, -0.2) is 4.79 Å². The van der Waals surface area contributed by atoms with E-state index < -0.39 is 5.97 Å². The normalized spacial score (nSPS) is 14.6. The molecule has 152 valence electrons. The second-order valence-corrected chi connectivity index (χ2v) is 8.46. The smallest absolute Gasteiger partial charge is 0.345 e. The number of hydrogen-bond acceptors (Lipinski definition) is 4. The molecule has 29 heavy (non-hydrogen) atoms. The van der Waals surface area contributed by atoms with Gasteiger partial charge in [0.05, 0.1) is 16.8 Å². The Balaban J connectivity index is 1.65. The summed E-state index contributed by atoms with van der Waals surface area (Å²) >= 11 is 14.8. The average Bonchev–Trinajstić information content (AvgIpc) is 2.71. The third-order valence-corrected chi connectivity index (χ3v) is 5.61. The fourth-order valence-corrected chi connectivity index (χ4v) is 3.93. The van der Waals surface area contributed by atoms with Crippen molar-refractivity contribution >= 4 is 57.0 Å². The van der Waals surface area contributed by atoms with Gasteiger partial charge >= 0.3 is 5.97 Å². The Morgan fingerprint density at radius 2 is 1.97 bits per heavy atom. The first-order valence-corrected chi connectivity index (χ1v) is 11.0. The van der Waals surface area contributed by atoms with Crippen LogP contribution in [0.2, 0.25) is 5.02 Å². The highest BCUT2D eigenvalue weighted by molar-refractivity contribution is 9.10. The van der Waals surface area contributed by atoms with Crippen LogP contribution < -0.4 is 15.5 Å². The van der Waals surface area contributed by atoms with Gasteiger partial charge in [0.15, 0.2) is 5.11 Å². The number of nitrogens with one attached hydrogen (secondary N) is 2. The van der Waals surface area contributed by atoms with Crippen LogP contribution >= 0.6 is 39.7 Å². The van der Waals surface area contributed by atoms with Gasteiger partial charge in [-0.2, -0.15) is 5.10 Å². The van der Waals surface area contributed by atoms with Crippen molar-refractivity contribution in [1.82, 2.24) is 10.7 Å². The molecule has 5 nitrogen and oxygen atoms in total. The fourth-order valence-electron chi connectivity index (χ4n) is 3.12. The molecule has 0 saturated heterocycles. The lowest BCUT2D eigenvalue weighted by Gasteiger charge is -2.23. The summed E-state index contributed by atoms with van der Waals surface area (Å²) in [6.07, 6.45) is 7.55. The maximum absolute atomic E-state index is 12.5. The van der Waals surface area contributed by atoms with Crippen LogP contribution in [0.25, 0.3) is 0 Å². The van der Waals surface area contributed by atoms with Gasteiger partial charge in [0.2, 0.25) is 0 Å². The lowest BCUT2D eigenvalue weighted by molar-refractivity contribution is 0.0734. The van der Waals surface area contributed by atoms with Crippen LogP contribution in [0, 0.1) is 0 Å². The number of esters is 1. The molecular formula is C21H21BrClN3O2S. The Kier molecular flexibility index (Phi) is 8.03. The van der Waals surface area contributed by atoms with E-state index in [4.69, 9.17) is 28.6 Å².